The third-order valence-electron chi connectivity index (χ3n) is 0.482. The van der Waals surface area contributed by atoms with E-state index in [0.29, 0.717) is 0 Å². The Morgan fingerprint density at radius 1 is 1.43 bits per heavy atom. The molecule has 0 unspecified atom stereocenters. The highest BCUT2D eigenvalue weighted by Gasteiger charge is 2.04. The molecule has 0 aromatic rings. The molecule has 7 heavy (non-hydrogen) atoms. The molecule has 0 fully saturated rings. The monoisotopic (exact) mass is 102 g/mol. The van der Waals surface area contributed by atoms with Gasteiger partial charge in [0.15, 0.2) is 0 Å². The second kappa shape index (κ2) is 1.98. The van der Waals surface area contributed by atoms with Crippen molar-refractivity contribution in [1.82, 2.24) is 0 Å². The van der Waals surface area contributed by atoms with Crippen LogP contribution in [0.2, 0.25) is 0 Å². The molecule has 0 aliphatic carbocycles. The maximum atomic E-state index is 8.77. The topological polar surface area (TPSA) is 40.5 Å². The van der Waals surface area contributed by atoms with E-state index in [-0.39, 0.29) is 0 Å². The normalized spacial score (nSPS) is 13.0. The van der Waals surface area contributed by atoms with E-state index in [9.17, 15) is 0 Å². The second-order valence-electron chi connectivity index (χ2n) is 1.97. The van der Waals surface area contributed by atoms with Crippen LogP contribution >= 0.6 is 0 Å². The molecule has 0 aliphatic rings. The van der Waals surface area contributed by atoms with Crippen molar-refractivity contribution in [2.24, 2.45) is 0 Å². The lowest BCUT2D eigenvalue weighted by Gasteiger charge is -2.07. The second-order valence-corrected chi connectivity index (χ2v) is 1.97. The molecule has 0 radical (unpaired) electrons. The minimum absolute atomic E-state index is 0.833. The Labute approximate surface area is 43.1 Å². The third kappa shape index (κ3) is 5.50. The van der Waals surface area contributed by atoms with Gasteiger partial charge >= 0.3 is 0 Å². The molecule has 2 nitrogen and oxygen atoms in total. The van der Waals surface area contributed by atoms with Gasteiger partial charge in [-0.2, -0.15) is 0 Å². The molecule has 0 aliphatic heterocycles. The van der Waals surface area contributed by atoms with Crippen molar-refractivity contribution in [1.29, 1.82) is 0 Å². The van der Waals surface area contributed by atoms with E-state index < -0.39 is 5.60 Å². The Balaban J connectivity index is 3.56. The highest BCUT2D eigenvalue weighted by molar-refractivity contribution is 4.89. The maximum absolute atomic E-state index is 8.77. The van der Waals surface area contributed by atoms with Crippen molar-refractivity contribution in [3.63, 3.8) is 0 Å². The molecule has 0 spiro atoms. The first kappa shape index (κ1) is 6.50. The number of aliphatic hydroxyl groups is 2. The zero-order valence-corrected chi connectivity index (χ0v) is 4.55. The van der Waals surface area contributed by atoms with Crippen molar-refractivity contribution in [3.8, 4) is 0 Å². The number of aliphatic hydroxyl groups excluding tert-OH is 1. The van der Waals surface area contributed by atoms with E-state index in [2.05, 4.69) is 0 Å². The summed E-state index contributed by atoms with van der Waals surface area (Å²) in [5.41, 5.74) is -0.880. The van der Waals surface area contributed by atoms with E-state index in [4.69, 9.17) is 10.2 Å². The van der Waals surface area contributed by atoms with Crippen LogP contribution in [0.5, 0.6) is 0 Å². The first-order chi connectivity index (χ1) is 3.06. The summed E-state index contributed by atoms with van der Waals surface area (Å²) in [6.45, 7) is 3.17. The van der Waals surface area contributed by atoms with Crippen LogP contribution in [-0.4, -0.2) is 15.8 Å². The van der Waals surface area contributed by atoms with Gasteiger partial charge in [0, 0.05) is 0 Å². The standard InChI is InChI=1S/C5H10O2/c1-5(2,7)3-4-6/h3-4,6-7H,1-2H3. The quantitative estimate of drug-likeness (QED) is 0.481. The number of hydrogen-bond donors (Lipinski definition) is 2. The van der Waals surface area contributed by atoms with Gasteiger partial charge in [0.1, 0.15) is 0 Å². The molecule has 0 atom stereocenters. The Hall–Kier alpha value is -0.500. The van der Waals surface area contributed by atoms with Crippen molar-refractivity contribution >= 4 is 0 Å². The summed E-state index contributed by atoms with van der Waals surface area (Å²) >= 11 is 0. The fourth-order valence-electron chi connectivity index (χ4n) is 0.182. The number of hydrogen-bond acceptors (Lipinski definition) is 2. The van der Waals surface area contributed by atoms with Gasteiger partial charge in [-0.3, -0.25) is 0 Å². The van der Waals surface area contributed by atoms with Crippen molar-refractivity contribution < 1.29 is 10.2 Å². The van der Waals surface area contributed by atoms with Crippen molar-refractivity contribution in [2.75, 3.05) is 0 Å². The third-order valence-corrected chi connectivity index (χ3v) is 0.482. The van der Waals surface area contributed by atoms with Crippen LogP contribution < -0.4 is 0 Å². The summed E-state index contributed by atoms with van der Waals surface area (Å²) in [5.74, 6) is 0. The van der Waals surface area contributed by atoms with E-state index in [1.807, 2.05) is 0 Å². The molecule has 2 heteroatoms. The fourth-order valence-corrected chi connectivity index (χ4v) is 0.182. The Kier molecular flexibility index (Phi) is 1.84. The fraction of sp³-hybridized carbons (Fsp3) is 0.600. The predicted octanol–water partition coefficient (Wildman–Crippen LogP) is 0.829. The zero-order chi connectivity index (χ0) is 5.91. The van der Waals surface area contributed by atoms with Crippen LogP contribution in [0, 0.1) is 0 Å². The summed E-state index contributed by atoms with van der Waals surface area (Å²) in [6.07, 6.45) is 2.13. The molecule has 42 valence electrons. The molecule has 0 rings (SSSR count). The van der Waals surface area contributed by atoms with Gasteiger partial charge < -0.3 is 10.2 Å². The molecule has 0 saturated carbocycles. The predicted molar refractivity (Wildman–Crippen MR) is 28.1 cm³/mol. The van der Waals surface area contributed by atoms with Gasteiger partial charge in [0.05, 0.1) is 11.9 Å². The molecular formula is C5H10O2. The van der Waals surface area contributed by atoms with Crippen LogP contribution in [0.25, 0.3) is 0 Å². The zero-order valence-electron chi connectivity index (χ0n) is 4.55. The van der Waals surface area contributed by atoms with Crippen molar-refractivity contribution in [3.05, 3.63) is 12.3 Å². The van der Waals surface area contributed by atoms with E-state index in [0.717, 1.165) is 6.26 Å². The average molecular weight is 102 g/mol. The summed E-state index contributed by atoms with van der Waals surface area (Å²) in [4.78, 5) is 0. The molecular weight excluding hydrogens is 92.1 g/mol. The molecule has 2 N–H and O–H groups in total. The highest BCUT2D eigenvalue weighted by atomic mass is 16.3. The average Bonchev–Trinajstić information content (AvgIpc) is 1.30. The molecule has 0 heterocycles. The summed E-state index contributed by atoms with van der Waals surface area (Å²) in [6, 6.07) is 0. The van der Waals surface area contributed by atoms with Crippen LogP contribution in [0.1, 0.15) is 13.8 Å². The Morgan fingerprint density at radius 3 is 1.86 bits per heavy atom. The van der Waals surface area contributed by atoms with Crippen LogP contribution in [0.15, 0.2) is 12.3 Å². The van der Waals surface area contributed by atoms with E-state index in [1.165, 1.54) is 6.08 Å². The Bertz CT molecular complexity index is 68.6. The smallest absolute Gasteiger partial charge is 0.0803 e. The molecule has 0 aromatic heterocycles. The lowest BCUT2D eigenvalue weighted by atomic mass is 10.1. The van der Waals surface area contributed by atoms with Gasteiger partial charge in [0.25, 0.3) is 0 Å². The van der Waals surface area contributed by atoms with Crippen LogP contribution in [0.3, 0.4) is 0 Å². The first-order valence-electron chi connectivity index (χ1n) is 2.10. The molecule has 0 amide bonds. The minimum Gasteiger partial charge on any atom is -0.516 e. The van der Waals surface area contributed by atoms with Gasteiger partial charge in [-0.15, -0.1) is 0 Å². The Morgan fingerprint density at radius 2 is 1.86 bits per heavy atom. The largest absolute Gasteiger partial charge is 0.516 e. The molecule has 0 saturated heterocycles. The molecule has 0 bridgehead atoms. The lowest BCUT2D eigenvalue weighted by molar-refractivity contribution is 0.130. The SMILES string of the molecule is CC(C)(O)C=CO. The molecule has 0 aromatic carbocycles. The van der Waals surface area contributed by atoms with Gasteiger partial charge in [-0.1, -0.05) is 0 Å². The lowest BCUT2D eigenvalue weighted by Crippen LogP contribution is -2.13. The van der Waals surface area contributed by atoms with Crippen LogP contribution in [-0.2, 0) is 0 Å². The maximum Gasteiger partial charge on any atom is 0.0803 e. The van der Waals surface area contributed by atoms with Gasteiger partial charge in [0.2, 0.25) is 0 Å². The van der Waals surface area contributed by atoms with Crippen molar-refractivity contribution in [2.45, 2.75) is 19.4 Å². The van der Waals surface area contributed by atoms with Gasteiger partial charge in [-0.25, -0.2) is 0 Å². The van der Waals surface area contributed by atoms with E-state index in [1.54, 1.807) is 13.8 Å². The summed E-state index contributed by atoms with van der Waals surface area (Å²) in [7, 11) is 0. The first-order valence-corrected chi connectivity index (χ1v) is 2.10. The summed E-state index contributed by atoms with van der Waals surface area (Å²) < 4.78 is 0. The van der Waals surface area contributed by atoms with Gasteiger partial charge in [-0.05, 0) is 19.9 Å². The van der Waals surface area contributed by atoms with Crippen LogP contribution in [0.4, 0.5) is 0 Å². The number of rotatable bonds is 1. The minimum atomic E-state index is -0.880. The summed E-state index contributed by atoms with van der Waals surface area (Å²) in [5, 5.41) is 16.8. The van der Waals surface area contributed by atoms with E-state index >= 15 is 0 Å². The highest BCUT2D eigenvalue weighted by Crippen LogP contribution is 1.99.